The molecule has 43 heavy (non-hydrogen) atoms. The zero-order valence-corrected chi connectivity index (χ0v) is 24.7. The first kappa shape index (κ1) is 27.1. The Balaban J connectivity index is 1.17. The van der Waals surface area contributed by atoms with E-state index in [9.17, 15) is 0 Å². The number of nitrogens with one attached hydrogen (secondary N) is 3. The van der Waals surface area contributed by atoms with Crippen LogP contribution in [-0.4, -0.2) is 32.0 Å². The molecule has 6 atom stereocenters. The summed E-state index contributed by atoms with van der Waals surface area (Å²) in [5.41, 5.74) is 7.56. The van der Waals surface area contributed by atoms with Gasteiger partial charge < -0.3 is 20.7 Å². The molecule has 0 amide bonds. The lowest BCUT2D eigenvalue weighted by Gasteiger charge is -2.46. The summed E-state index contributed by atoms with van der Waals surface area (Å²) < 4.78 is -0.433. The van der Waals surface area contributed by atoms with Crippen molar-refractivity contribution in [2.75, 3.05) is 24.5 Å². The Labute approximate surface area is 254 Å². The number of para-hydroxylation sites is 2. The fourth-order valence-electron chi connectivity index (χ4n) is 8.45. The molecule has 0 radical (unpaired) electrons. The predicted molar refractivity (Wildman–Crippen MR) is 176 cm³/mol. The predicted octanol–water partition coefficient (Wildman–Crippen LogP) is 7.50. The number of nitrogens with zero attached hydrogens (tertiary/aromatic N) is 2. The molecule has 0 spiro atoms. The Hall–Kier alpha value is -3.52. The zero-order chi connectivity index (χ0) is 28.8. The van der Waals surface area contributed by atoms with Crippen molar-refractivity contribution in [3.05, 3.63) is 119 Å². The highest BCUT2D eigenvalue weighted by atomic mass is 16.6. The molecule has 3 fully saturated rings. The van der Waals surface area contributed by atoms with Crippen molar-refractivity contribution >= 4 is 28.4 Å². The first-order valence-corrected chi connectivity index (χ1v) is 16.2. The van der Waals surface area contributed by atoms with Crippen molar-refractivity contribution in [2.45, 2.75) is 56.3 Å². The molecule has 4 aliphatic rings. The second kappa shape index (κ2) is 11.2. The molecule has 4 aromatic rings. The van der Waals surface area contributed by atoms with Gasteiger partial charge in [-0.25, -0.2) is 0 Å². The quantitative estimate of drug-likeness (QED) is 0.171. The van der Waals surface area contributed by atoms with Gasteiger partial charge in [-0.15, -0.1) is 0 Å². The molecule has 3 N–H and O–H groups in total. The molecule has 4 aromatic carbocycles. The maximum atomic E-state index is 15.3. The number of hydrogen-bond acceptors (Lipinski definition) is 5. The smallest absolute Gasteiger partial charge is 0.159 e. The third-order valence-electron chi connectivity index (χ3n) is 10.4. The van der Waals surface area contributed by atoms with E-state index in [2.05, 4.69) is 124 Å². The second-order valence-electron chi connectivity index (χ2n) is 12.7. The highest BCUT2D eigenvalue weighted by Gasteiger charge is 2.50. The van der Waals surface area contributed by atoms with Gasteiger partial charge in [-0.3, -0.25) is 9.96 Å². The van der Waals surface area contributed by atoms with Gasteiger partial charge >= 0.3 is 0 Å². The normalized spacial score (nSPS) is 29.7. The van der Waals surface area contributed by atoms with Crippen molar-refractivity contribution < 1.29 is 0 Å². The molecular weight excluding hydrogens is 530 g/mol. The minimum atomic E-state index is -0.433. The van der Waals surface area contributed by atoms with Crippen molar-refractivity contribution in [1.82, 2.24) is 20.6 Å². The Bertz CT molecular complexity index is 1520. The fraction of sp³-hybridized carbons (Fsp3) is 0.351. The van der Waals surface area contributed by atoms with Gasteiger partial charge in [0.25, 0.3) is 0 Å². The van der Waals surface area contributed by atoms with Crippen LogP contribution in [0.5, 0.6) is 0 Å². The van der Waals surface area contributed by atoms with E-state index in [1.807, 2.05) is 0 Å². The molecule has 4 heterocycles. The highest BCUT2D eigenvalue weighted by molar-refractivity contribution is 5.80. The largest absolute Gasteiger partial charge is 0.621 e. The molecule has 4 aliphatic heterocycles. The molecule has 220 valence electrons. The van der Waals surface area contributed by atoms with Gasteiger partial charge in [0.15, 0.2) is 6.17 Å². The summed E-state index contributed by atoms with van der Waals surface area (Å²) in [6, 6.07) is 36.3. The number of benzene rings is 4. The number of anilines is 3. The summed E-state index contributed by atoms with van der Waals surface area (Å²) in [5.74, 6) is 1.31. The maximum Gasteiger partial charge on any atom is 0.159 e. The summed E-state index contributed by atoms with van der Waals surface area (Å²) in [6.45, 7) is 3.02. The SMILES string of the molecule is [O-][N+]1(c2ccc(C3CCNC4NCCCC43)cc2)c2ccc(N(c3ccccc3)c3ccccc3)cc2C2CCCNC21. The van der Waals surface area contributed by atoms with Crippen molar-refractivity contribution in [3.8, 4) is 0 Å². The number of fused-ring (bicyclic) bond motifs is 4. The van der Waals surface area contributed by atoms with E-state index in [1.165, 1.54) is 24.0 Å². The number of quaternary nitrogens is 1. The Morgan fingerprint density at radius 1 is 0.628 bits per heavy atom. The van der Waals surface area contributed by atoms with Crippen molar-refractivity contribution in [3.63, 3.8) is 0 Å². The first-order valence-electron chi connectivity index (χ1n) is 16.2. The van der Waals surface area contributed by atoms with Crippen LogP contribution in [0.15, 0.2) is 103 Å². The minimum absolute atomic E-state index is 0.174. The summed E-state index contributed by atoms with van der Waals surface area (Å²) >= 11 is 0. The van der Waals surface area contributed by atoms with E-state index in [-0.39, 0.29) is 12.1 Å². The summed E-state index contributed by atoms with van der Waals surface area (Å²) in [6.07, 6.45) is 5.94. The van der Waals surface area contributed by atoms with Gasteiger partial charge in [-0.05, 0) is 99.0 Å². The molecule has 0 aliphatic carbocycles. The van der Waals surface area contributed by atoms with Gasteiger partial charge in [-0.1, -0.05) is 48.5 Å². The third kappa shape index (κ3) is 4.60. The van der Waals surface area contributed by atoms with Crippen LogP contribution in [0.4, 0.5) is 28.4 Å². The average molecular weight is 572 g/mol. The lowest BCUT2D eigenvalue weighted by molar-refractivity contribution is 0.165. The van der Waals surface area contributed by atoms with E-state index in [0.29, 0.717) is 18.0 Å². The summed E-state index contributed by atoms with van der Waals surface area (Å²) in [5, 5.41) is 26.3. The van der Waals surface area contributed by atoms with E-state index in [4.69, 9.17) is 0 Å². The van der Waals surface area contributed by atoms with E-state index in [1.54, 1.807) is 0 Å². The maximum absolute atomic E-state index is 15.3. The van der Waals surface area contributed by atoms with E-state index >= 15 is 5.21 Å². The molecule has 8 rings (SSSR count). The highest BCUT2D eigenvalue weighted by Crippen LogP contribution is 2.54. The minimum Gasteiger partial charge on any atom is -0.621 e. The van der Waals surface area contributed by atoms with Gasteiger partial charge in [0.2, 0.25) is 0 Å². The van der Waals surface area contributed by atoms with Crippen LogP contribution in [0.2, 0.25) is 0 Å². The molecular formula is C37H41N5O. The number of piperidine rings is 3. The lowest BCUT2D eigenvalue weighted by Crippen LogP contribution is -2.56. The van der Waals surface area contributed by atoms with Gasteiger partial charge in [0.05, 0.1) is 12.1 Å². The molecule has 6 heteroatoms. The standard InChI is InChI=1S/C37H41N5O/c43-42(30-18-15-26(16-19-30)31-21-24-39-36-32(31)13-7-22-38-36)35-20-17-29(25-34(35)33-14-8-23-40-37(33)42)41(27-9-3-1-4-10-27)28-11-5-2-6-12-28/h1-6,9-12,15-20,25,31-33,36-40H,7-8,13-14,21-24H2. The molecule has 6 unspecified atom stereocenters. The van der Waals surface area contributed by atoms with E-state index < -0.39 is 4.65 Å². The second-order valence-corrected chi connectivity index (χ2v) is 12.7. The first-order chi connectivity index (χ1) is 21.2. The van der Waals surface area contributed by atoms with Crippen molar-refractivity contribution in [1.29, 1.82) is 0 Å². The van der Waals surface area contributed by atoms with Crippen LogP contribution in [0.1, 0.15) is 55.1 Å². The van der Waals surface area contributed by atoms with Crippen molar-refractivity contribution in [2.24, 2.45) is 5.92 Å². The topological polar surface area (TPSA) is 62.4 Å². The zero-order valence-electron chi connectivity index (χ0n) is 24.7. The average Bonchev–Trinajstić information content (AvgIpc) is 3.34. The molecule has 0 aromatic heterocycles. The van der Waals surface area contributed by atoms with Crippen LogP contribution >= 0.6 is 0 Å². The molecule has 0 bridgehead atoms. The third-order valence-corrected chi connectivity index (χ3v) is 10.4. The number of hydroxylamine groups is 1. The Kier molecular flexibility index (Phi) is 7.05. The lowest BCUT2D eigenvalue weighted by atomic mass is 9.75. The van der Waals surface area contributed by atoms with Gasteiger partial charge in [0.1, 0.15) is 11.4 Å². The van der Waals surface area contributed by atoms with Crippen LogP contribution in [0.3, 0.4) is 0 Å². The summed E-state index contributed by atoms with van der Waals surface area (Å²) in [7, 11) is 0. The van der Waals surface area contributed by atoms with Crippen LogP contribution in [-0.2, 0) is 0 Å². The van der Waals surface area contributed by atoms with E-state index in [0.717, 1.165) is 67.3 Å². The van der Waals surface area contributed by atoms with Gasteiger partial charge in [-0.2, -0.15) is 0 Å². The monoisotopic (exact) mass is 571 g/mol. The van der Waals surface area contributed by atoms with Crippen LogP contribution in [0.25, 0.3) is 0 Å². The molecule has 3 saturated heterocycles. The Morgan fingerprint density at radius 2 is 1.30 bits per heavy atom. The van der Waals surface area contributed by atoms with Crippen LogP contribution in [0, 0.1) is 11.1 Å². The van der Waals surface area contributed by atoms with Crippen LogP contribution < -0.4 is 25.5 Å². The number of rotatable bonds is 5. The van der Waals surface area contributed by atoms with Gasteiger partial charge in [0, 0.05) is 47.4 Å². The number of hydrogen-bond donors (Lipinski definition) is 3. The Morgan fingerprint density at radius 3 is 2.05 bits per heavy atom. The molecule has 6 nitrogen and oxygen atoms in total. The summed E-state index contributed by atoms with van der Waals surface area (Å²) in [4.78, 5) is 2.30. The molecule has 0 saturated carbocycles. The fourth-order valence-corrected chi connectivity index (χ4v) is 8.45.